The molecule has 4 heteroatoms. The van der Waals surface area contributed by atoms with Gasteiger partial charge in [0.1, 0.15) is 0 Å². The lowest BCUT2D eigenvalue weighted by Gasteiger charge is -2.11. The fourth-order valence-electron chi connectivity index (χ4n) is 1.72. The highest BCUT2D eigenvalue weighted by Gasteiger charge is 2.14. The lowest BCUT2D eigenvalue weighted by atomic mass is 9.97. The van der Waals surface area contributed by atoms with Gasteiger partial charge in [-0.2, -0.15) is 5.26 Å². The molecule has 0 bridgehead atoms. The minimum Gasteiger partial charge on any atom is -0.466 e. The van der Waals surface area contributed by atoms with Gasteiger partial charge in [0, 0.05) is 3.57 Å². The van der Waals surface area contributed by atoms with E-state index in [-0.39, 0.29) is 12.4 Å². The van der Waals surface area contributed by atoms with Crippen LogP contribution in [-0.4, -0.2) is 12.6 Å². The van der Waals surface area contributed by atoms with Crippen molar-refractivity contribution in [1.29, 1.82) is 5.26 Å². The Morgan fingerprint density at radius 3 is 2.65 bits per heavy atom. The van der Waals surface area contributed by atoms with Crippen LogP contribution in [0.1, 0.15) is 30.5 Å². The van der Waals surface area contributed by atoms with Crippen LogP contribution in [0.5, 0.6) is 0 Å². The molecule has 0 aliphatic carbocycles. The highest BCUT2D eigenvalue weighted by molar-refractivity contribution is 14.1. The second-order valence-electron chi connectivity index (χ2n) is 3.50. The third-order valence-electron chi connectivity index (χ3n) is 2.47. The van der Waals surface area contributed by atoms with Gasteiger partial charge in [0.2, 0.25) is 0 Å². The molecule has 0 radical (unpaired) electrons. The number of nitriles is 1. The van der Waals surface area contributed by atoms with Crippen molar-refractivity contribution in [2.24, 2.45) is 0 Å². The lowest BCUT2D eigenvalue weighted by molar-refractivity contribution is -0.142. The van der Waals surface area contributed by atoms with E-state index >= 15 is 0 Å². The monoisotopic (exact) mass is 343 g/mol. The standard InChI is InChI=1S/C13H14INO2/c1-3-10-9(8-15)5-6-12(14)11(10)7-13(16)17-4-2/h5-6H,3-4,7H2,1-2H3. The lowest BCUT2D eigenvalue weighted by Crippen LogP contribution is -2.11. The van der Waals surface area contributed by atoms with Crippen LogP contribution >= 0.6 is 22.6 Å². The second-order valence-corrected chi connectivity index (χ2v) is 4.66. The fourth-order valence-corrected chi connectivity index (χ4v) is 2.42. The molecule has 90 valence electrons. The topological polar surface area (TPSA) is 50.1 Å². The maximum atomic E-state index is 11.5. The Labute approximate surface area is 115 Å². The second kappa shape index (κ2) is 6.60. The minimum atomic E-state index is -0.241. The molecule has 3 nitrogen and oxygen atoms in total. The van der Waals surface area contributed by atoms with Crippen molar-refractivity contribution in [2.75, 3.05) is 6.61 Å². The highest BCUT2D eigenvalue weighted by Crippen LogP contribution is 2.22. The molecular weight excluding hydrogens is 329 g/mol. The van der Waals surface area contributed by atoms with Gasteiger partial charge in [0.05, 0.1) is 24.7 Å². The summed E-state index contributed by atoms with van der Waals surface area (Å²) in [5.74, 6) is -0.241. The molecule has 0 unspecified atom stereocenters. The van der Waals surface area contributed by atoms with E-state index in [1.54, 1.807) is 13.0 Å². The van der Waals surface area contributed by atoms with Crippen molar-refractivity contribution in [2.45, 2.75) is 26.7 Å². The average molecular weight is 343 g/mol. The van der Waals surface area contributed by atoms with Crippen LogP contribution in [-0.2, 0) is 22.4 Å². The Balaban J connectivity index is 3.13. The predicted octanol–water partition coefficient (Wildman–Crippen LogP) is 2.83. The Bertz CT molecular complexity index is 463. The summed E-state index contributed by atoms with van der Waals surface area (Å²) in [7, 11) is 0. The van der Waals surface area contributed by atoms with Crippen LogP contribution in [0.15, 0.2) is 12.1 Å². The number of esters is 1. The summed E-state index contributed by atoms with van der Waals surface area (Å²) in [5, 5.41) is 9.03. The van der Waals surface area contributed by atoms with Gasteiger partial charge in [-0.3, -0.25) is 4.79 Å². The molecule has 0 aliphatic heterocycles. The zero-order chi connectivity index (χ0) is 12.8. The Kier molecular flexibility index (Phi) is 5.42. The third-order valence-corrected chi connectivity index (χ3v) is 3.49. The van der Waals surface area contributed by atoms with Gasteiger partial charge < -0.3 is 4.74 Å². The highest BCUT2D eigenvalue weighted by atomic mass is 127. The molecule has 0 atom stereocenters. The molecule has 0 spiro atoms. The molecule has 0 aromatic heterocycles. The summed E-state index contributed by atoms with van der Waals surface area (Å²) < 4.78 is 5.95. The first-order valence-electron chi connectivity index (χ1n) is 5.50. The van der Waals surface area contributed by atoms with Crippen LogP contribution in [0, 0.1) is 14.9 Å². The first-order chi connectivity index (χ1) is 8.13. The van der Waals surface area contributed by atoms with Gasteiger partial charge >= 0.3 is 5.97 Å². The van der Waals surface area contributed by atoms with Crippen LogP contribution in [0.2, 0.25) is 0 Å². The summed E-state index contributed by atoms with van der Waals surface area (Å²) in [6.45, 7) is 4.16. The van der Waals surface area contributed by atoms with Crippen molar-refractivity contribution < 1.29 is 9.53 Å². The van der Waals surface area contributed by atoms with E-state index in [1.807, 2.05) is 13.0 Å². The summed E-state index contributed by atoms with van der Waals surface area (Å²) in [4.78, 5) is 11.5. The van der Waals surface area contributed by atoms with E-state index in [0.717, 1.165) is 21.1 Å². The normalized spacial score (nSPS) is 9.76. The van der Waals surface area contributed by atoms with Crippen LogP contribution in [0.4, 0.5) is 0 Å². The zero-order valence-electron chi connectivity index (χ0n) is 9.92. The summed E-state index contributed by atoms with van der Waals surface area (Å²) in [6.07, 6.45) is 0.985. The third kappa shape index (κ3) is 3.43. The Hall–Kier alpha value is -1.09. The van der Waals surface area contributed by atoms with Crippen LogP contribution in [0.25, 0.3) is 0 Å². The molecule has 1 rings (SSSR count). The number of hydrogen-bond donors (Lipinski definition) is 0. The largest absolute Gasteiger partial charge is 0.466 e. The molecule has 0 N–H and O–H groups in total. The maximum absolute atomic E-state index is 11.5. The van der Waals surface area contributed by atoms with E-state index in [1.165, 1.54) is 0 Å². The summed E-state index contributed by atoms with van der Waals surface area (Å²) in [6, 6.07) is 5.83. The molecule has 0 amide bonds. The van der Waals surface area contributed by atoms with E-state index in [4.69, 9.17) is 10.00 Å². The molecule has 0 aliphatic rings. The van der Waals surface area contributed by atoms with E-state index < -0.39 is 0 Å². The van der Waals surface area contributed by atoms with Gasteiger partial charge in [-0.05, 0) is 59.2 Å². The van der Waals surface area contributed by atoms with E-state index in [9.17, 15) is 4.79 Å². The molecule has 0 saturated heterocycles. The number of carbonyl (C=O) groups is 1. The predicted molar refractivity (Wildman–Crippen MR) is 73.6 cm³/mol. The van der Waals surface area contributed by atoms with Gasteiger partial charge in [-0.25, -0.2) is 0 Å². The number of ether oxygens (including phenoxy) is 1. The molecule has 0 heterocycles. The van der Waals surface area contributed by atoms with Gasteiger partial charge in [-0.15, -0.1) is 0 Å². The first kappa shape index (κ1) is 14.0. The zero-order valence-corrected chi connectivity index (χ0v) is 12.1. The number of rotatable bonds is 4. The van der Waals surface area contributed by atoms with Crippen molar-refractivity contribution in [3.05, 3.63) is 32.4 Å². The van der Waals surface area contributed by atoms with Crippen molar-refractivity contribution >= 4 is 28.6 Å². The molecule has 17 heavy (non-hydrogen) atoms. The molecule has 1 aromatic carbocycles. The number of hydrogen-bond acceptors (Lipinski definition) is 3. The molecular formula is C13H14INO2. The Morgan fingerprint density at radius 2 is 2.12 bits per heavy atom. The van der Waals surface area contributed by atoms with Gasteiger partial charge in [0.25, 0.3) is 0 Å². The fraction of sp³-hybridized carbons (Fsp3) is 0.385. The minimum absolute atomic E-state index is 0.241. The number of benzene rings is 1. The van der Waals surface area contributed by atoms with Gasteiger partial charge in [0.15, 0.2) is 0 Å². The van der Waals surface area contributed by atoms with Crippen LogP contribution in [0.3, 0.4) is 0 Å². The average Bonchev–Trinajstić information content (AvgIpc) is 2.31. The number of carbonyl (C=O) groups excluding carboxylic acids is 1. The molecule has 0 saturated carbocycles. The van der Waals surface area contributed by atoms with Crippen molar-refractivity contribution in [3.8, 4) is 6.07 Å². The van der Waals surface area contributed by atoms with Crippen molar-refractivity contribution in [3.63, 3.8) is 0 Å². The first-order valence-corrected chi connectivity index (χ1v) is 6.57. The Morgan fingerprint density at radius 1 is 1.41 bits per heavy atom. The van der Waals surface area contributed by atoms with E-state index in [2.05, 4.69) is 28.7 Å². The van der Waals surface area contributed by atoms with Crippen LogP contribution < -0.4 is 0 Å². The number of halogens is 1. The summed E-state index contributed by atoms with van der Waals surface area (Å²) >= 11 is 2.19. The SMILES string of the molecule is CCOC(=O)Cc1c(I)ccc(C#N)c1CC. The van der Waals surface area contributed by atoms with E-state index in [0.29, 0.717) is 12.2 Å². The van der Waals surface area contributed by atoms with Crippen molar-refractivity contribution in [1.82, 2.24) is 0 Å². The number of nitrogens with zero attached hydrogens (tertiary/aromatic N) is 1. The molecule has 1 aromatic rings. The molecule has 0 fully saturated rings. The quantitative estimate of drug-likeness (QED) is 0.624. The van der Waals surface area contributed by atoms with Gasteiger partial charge in [-0.1, -0.05) is 6.92 Å². The summed E-state index contributed by atoms with van der Waals surface area (Å²) in [5.41, 5.74) is 2.52. The maximum Gasteiger partial charge on any atom is 0.310 e. The smallest absolute Gasteiger partial charge is 0.310 e.